The van der Waals surface area contributed by atoms with E-state index in [0.717, 1.165) is 5.56 Å². The van der Waals surface area contributed by atoms with Crippen molar-refractivity contribution in [1.29, 1.82) is 0 Å². The van der Waals surface area contributed by atoms with Gasteiger partial charge in [-0.05, 0) is 50.5 Å². The molecule has 0 saturated carbocycles. The van der Waals surface area contributed by atoms with Crippen LogP contribution < -0.4 is 0 Å². The molecular formula is C17H21FO3. The second-order valence-corrected chi connectivity index (χ2v) is 4.70. The van der Waals surface area contributed by atoms with Gasteiger partial charge in [0.25, 0.3) is 0 Å². The molecule has 0 aliphatic heterocycles. The molecule has 1 unspecified atom stereocenters. The second-order valence-electron chi connectivity index (χ2n) is 4.70. The molecule has 0 spiro atoms. The molecule has 0 amide bonds. The summed E-state index contributed by atoms with van der Waals surface area (Å²) in [5.74, 6) is 5.36. The molecule has 0 saturated heterocycles. The third-order valence-electron chi connectivity index (χ3n) is 2.90. The van der Waals surface area contributed by atoms with E-state index in [1.807, 2.05) is 0 Å². The highest BCUT2D eigenvalue weighted by Crippen LogP contribution is 2.07. The van der Waals surface area contributed by atoms with Crippen LogP contribution in [0.3, 0.4) is 0 Å². The second kappa shape index (κ2) is 9.95. The highest BCUT2D eigenvalue weighted by atomic mass is 19.1. The summed E-state index contributed by atoms with van der Waals surface area (Å²) in [6.45, 7) is 2.16. The molecule has 0 aromatic heterocycles. The van der Waals surface area contributed by atoms with Crippen LogP contribution in [0.1, 0.15) is 44.6 Å². The summed E-state index contributed by atoms with van der Waals surface area (Å²) >= 11 is 0. The summed E-state index contributed by atoms with van der Waals surface area (Å²) in [4.78, 5) is 11.1. The van der Waals surface area contributed by atoms with Crippen molar-refractivity contribution in [3.8, 4) is 11.8 Å². The fourth-order valence-corrected chi connectivity index (χ4v) is 1.80. The molecule has 0 fully saturated rings. The first-order valence-electron chi connectivity index (χ1n) is 7.20. The maximum atomic E-state index is 12.7. The predicted octanol–water partition coefficient (Wildman–Crippen LogP) is 3.05. The highest BCUT2D eigenvalue weighted by Gasteiger charge is 2.06. The van der Waals surface area contributed by atoms with Gasteiger partial charge in [-0.1, -0.05) is 11.8 Å². The van der Waals surface area contributed by atoms with Gasteiger partial charge < -0.3 is 9.84 Å². The highest BCUT2D eigenvalue weighted by molar-refractivity contribution is 5.69. The molecule has 0 aliphatic carbocycles. The average Bonchev–Trinajstić information content (AvgIpc) is 2.46. The number of ether oxygens (including phenoxy) is 1. The number of esters is 1. The van der Waals surface area contributed by atoms with Gasteiger partial charge in [0.05, 0.1) is 12.7 Å². The monoisotopic (exact) mass is 292 g/mol. The Morgan fingerprint density at radius 1 is 1.33 bits per heavy atom. The Morgan fingerprint density at radius 2 is 2.05 bits per heavy atom. The van der Waals surface area contributed by atoms with Crippen LogP contribution in [0.25, 0.3) is 0 Å². The van der Waals surface area contributed by atoms with Crippen LogP contribution >= 0.6 is 0 Å². The number of aliphatic hydroxyl groups is 1. The third-order valence-corrected chi connectivity index (χ3v) is 2.90. The molecule has 3 nitrogen and oxygen atoms in total. The first-order chi connectivity index (χ1) is 10.1. The van der Waals surface area contributed by atoms with E-state index in [1.54, 1.807) is 19.1 Å². The SMILES string of the molecule is CCOC(=O)CCCC(O)CCC#Cc1ccc(F)cc1. The van der Waals surface area contributed by atoms with Gasteiger partial charge >= 0.3 is 5.97 Å². The fourth-order valence-electron chi connectivity index (χ4n) is 1.80. The number of carbonyl (C=O) groups excluding carboxylic acids is 1. The normalized spacial score (nSPS) is 11.4. The molecule has 1 aromatic rings. The van der Waals surface area contributed by atoms with Crippen molar-refractivity contribution in [3.63, 3.8) is 0 Å². The first-order valence-corrected chi connectivity index (χ1v) is 7.20. The van der Waals surface area contributed by atoms with Gasteiger partial charge in [0, 0.05) is 18.4 Å². The van der Waals surface area contributed by atoms with Crippen LogP contribution in [0.15, 0.2) is 24.3 Å². The fraction of sp³-hybridized carbons (Fsp3) is 0.471. The van der Waals surface area contributed by atoms with Crippen LogP contribution in [0.2, 0.25) is 0 Å². The molecule has 114 valence electrons. The van der Waals surface area contributed by atoms with E-state index in [-0.39, 0.29) is 11.8 Å². The maximum Gasteiger partial charge on any atom is 0.305 e. The van der Waals surface area contributed by atoms with Crippen molar-refractivity contribution in [3.05, 3.63) is 35.6 Å². The third kappa shape index (κ3) is 8.11. The minimum absolute atomic E-state index is 0.221. The number of benzene rings is 1. The summed E-state index contributed by atoms with van der Waals surface area (Å²) in [7, 11) is 0. The van der Waals surface area contributed by atoms with Gasteiger partial charge in [-0.15, -0.1) is 0 Å². The minimum atomic E-state index is -0.457. The van der Waals surface area contributed by atoms with Gasteiger partial charge in [0.2, 0.25) is 0 Å². The van der Waals surface area contributed by atoms with Crippen molar-refractivity contribution in [2.45, 2.75) is 45.1 Å². The Hall–Kier alpha value is -1.86. The number of rotatable bonds is 7. The molecule has 0 aliphatic rings. The molecule has 1 aromatic carbocycles. The van der Waals surface area contributed by atoms with E-state index in [1.165, 1.54) is 12.1 Å². The van der Waals surface area contributed by atoms with Gasteiger partial charge in [-0.3, -0.25) is 4.79 Å². The van der Waals surface area contributed by atoms with Crippen LogP contribution in [0, 0.1) is 17.7 Å². The molecule has 0 radical (unpaired) electrons. The topological polar surface area (TPSA) is 46.5 Å². The summed E-state index contributed by atoms with van der Waals surface area (Å²) in [6, 6.07) is 5.98. The molecular weight excluding hydrogens is 271 g/mol. The lowest BCUT2D eigenvalue weighted by atomic mass is 10.1. The minimum Gasteiger partial charge on any atom is -0.466 e. The standard InChI is InChI=1S/C17H21FO3/c1-2-21-17(20)9-5-8-16(19)7-4-3-6-14-10-12-15(18)13-11-14/h10-13,16,19H,2,4-5,7-9H2,1H3. The molecule has 1 atom stereocenters. The summed E-state index contributed by atoms with van der Waals surface area (Å²) in [5, 5.41) is 9.76. The lowest BCUT2D eigenvalue weighted by Gasteiger charge is -2.07. The quantitative estimate of drug-likeness (QED) is 0.620. The van der Waals surface area contributed by atoms with Gasteiger partial charge in [0.1, 0.15) is 5.82 Å². The van der Waals surface area contributed by atoms with Crippen LogP contribution in [0.5, 0.6) is 0 Å². The number of hydrogen-bond acceptors (Lipinski definition) is 3. The van der Waals surface area contributed by atoms with E-state index in [9.17, 15) is 14.3 Å². The van der Waals surface area contributed by atoms with E-state index in [0.29, 0.717) is 38.7 Å². The van der Waals surface area contributed by atoms with Crippen LogP contribution in [-0.2, 0) is 9.53 Å². The maximum absolute atomic E-state index is 12.7. The van der Waals surface area contributed by atoms with Crippen molar-refractivity contribution in [2.75, 3.05) is 6.61 Å². The Bertz CT molecular complexity index is 485. The van der Waals surface area contributed by atoms with Crippen molar-refractivity contribution in [1.82, 2.24) is 0 Å². The average molecular weight is 292 g/mol. The summed E-state index contributed by atoms with van der Waals surface area (Å²) in [5.41, 5.74) is 0.758. The molecule has 21 heavy (non-hydrogen) atoms. The van der Waals surface area contributed by atoms with E-state index < -0.39 is 6.10 Å². The number of hydrogen-bond donors (Lipinski definition) is 1. The van der Waals surface area contributed by atoms with E-state index in [2.05, 4.69) is 11.8 Å². The van der Waals surface area contributed by atoms with E-state index in [4.69, 9.17) is 4.74 Å². The van der Waals surface area contributed by atoms with Crippen molar-refractivity contribution in [2.24, 2.45) is 0 Å². The van der Waals surface area contributed by atoms with Crippen LogP contribution in [0.4, 0.5) is 4.39 Å². The largest absolute Gasteiger partial charge is 0.466 e. The zero-order chi connectivity index (χ0) is 15.5. The molecule has 0 heterocycles. The number of aliphatic hydroxyl groups excluding tert-OH is 1. The summed E-state index contributed by atoms with van der Waals surface area (Å²) < 4.78 is 17.5. The number of carbonyl (C=O) groups is 1. The molecule has 1 N–H and O–H groups in total. The molecule has 1 rings (SSSR count). The Morgan fingerprint density at radius 3 is 2.71 bits per heavy atom. The summed E-state index contributed by atoms with van der Waals surface area (Å²) in [6.07, 6.45) is 2.20. The van der Waals surface area contributed by atoms with Crippen LogP contribution in [-0.4, -0.2) is 23.8 Å². The Kier molecular flexibility index (Phi) is 8.15. The van der Waals surface area contributed by atoms with E-state index >= 15 is 0 Å². The van der Waals surface area contributed by atoms with Crippen molar-refractivity contribution < 1.29 is 19.0 Å². The van der Waals surface area contributed by atoms with Gasteiger partial charge in [-0.25, -0.2) is 4.39 Å². The lowest BCUT2D eigenvalue weighted by molar-refractivity contribution is -0.143. The first kappa shape index (κ1) is 17.2. The molecule has 0 bridgehead atoms. The zero-order valence-electron chi connectivity index (χ0n) is 12.3. The van der Waals surface area contributed by atoms with Gasteiger partial charge in [-0.2, -0.15) is 0 Å². The number of halogens is 1. The van der Waals surface area contributed by atoms with Gasteiger partial charge in [0.15, 0.2) is 0 Å². The lowest BCUT2D eigenvalue weighted by Crippen LogP contribution is -2.09. The zero-order valence-corrected chi connectivity index (χ0v) is 12.3. The Balaban J connectivity index is 2.17. The molecule has 4 heteroatoms. The smallest absolute Gasteiger partial charge is 0.305 e. The Labute approximate surface area is 125 Å². The predicted molar refractivity (Wildman–Crippen MR) is 79.0 cm³/mol. The van der Waals surface area contributed by atoms with Crippen molar-refractivity contribution >= 4 is 5.97 Å².